The summed E-state index contributed by atoms with van der Waals surface area (Å²) in [5, 5.41) is 23.2. The molecule has 4 atom stereocenters. The Morgan fingerprint density at radius 1 is 1.09 bits per heavy atom. The van der Waals surface area contributed by atoms with E-state index in [1.165, 1.54) is 34.9 Å². The van der Waals surface area contributed by atoms with Crippen LogP contribution in [0.25, 0.3) is 22.3 Å². The maximum atomic E-state index is 15.4. The van der Waals surface area contributed by atoms with E-state index >= 15 is 4.39 Å². The molecule has 0 bridgehead atoms. The number of fused-ring (bicyclic) bond motifs is 5. The molecule has 2 aromatic heterocycles. The molecule has 364 valence electrons. The van der Waals surface area contributed by atoms with E-state index in [4.69, 9.17) is 25.2 Å². The van der Waals surface area contributed by atoms with Gasteiger partial charge in [-0.05, 0) is 92.5 Å². The molecule has 2 aliphatic heterocycles. The normalized spacial score (nSPS) is 18.9. The van der Waals surface area contributed by atoms with Gasteiger partial charge in [-0.1, -0.05) is 49.3 Å². The first-order valence-electron chi connectivity index (χ1n) is 22.2. The highest BCUT2D eigenvalue weighted by molar-refractivity contribution is 8.77. The molecule has 2 amide bonds. The van der Waals surface area contributed by atoms with Gasteiger partial charge in [0.25, 0.3) is 11.5 Å². The lowest BCUT2D eigenvalue weighted by Gasteiger charge is -2.31. The number of pyridine rings is 2. The number of esters is 1. The highest BCUT2D eigenvalue weighted by Crippen LogP contribution is 2.47. The predicted octanol–water partition coefficient (Wildman–Crippen LogP) is 7.33. The highest BCUT2D eigenvalue weighted by atomic mass is 33.1. The van der Waals surface area contributed by atoms with Crippen LogP contribution in [0.4, 0.5) is 10.1 Å². The van der Waals surface area contributed by atoms with Gasteiger partial charge < -0.3 is 35.0 Å². The number of ether oxygens (including phenoxy) is 1. The van der Waals surface area contributed by atoms with Crippen LogP contribution in [-0.2, 0) is 57.7 Å². The van der Waals surface area contributed by atoms with Gasteiger partial charge in [-0.3, -0.25) is 28.0 Å². The quantitative estimate of drug-likeness (QED) is 0.0147. The zero-order valence-corrected chi connectivity index (χ0v) is 41.8. The maximum Gasteiger partial charge on any atom is 0.406 e. The number of terminal acetylenes is 1. The number of aliphatic hydroxyl groups is 1. The van der Waals surface area contributed by atoms with Gasteiger partial charge in [0.1, 0.15) is 19.0 Å². The molecule has 22 heteroatoms. The van der Waals surface area contributed by atoms with Gasteiger partial charge in [0, 0.05) is 63.1 Å². The van der Waals surface area contributed by atoms with Crippen molar-refractivity contribution in [2.75, 3.05) is 37.1 Å². The molecule has 0 fully saturated rings. The molecule has 17 nitrogen and oxygen atoms in total. The van der Waals surface area contributed by atoms with Crippen molar-refractivity contribution in [3.63, 3.8) is 0 Å². The van der Waals surface area contributed by atoms with Crippen LogP contribution in [-0.4, -0.2) is 74.1 Å². The average molecular weight is 1010 g/mol. The molecular weight excluding hydrogens is 958 g/mol. The summed E-state index contributed by atoms with van der Waals surface area (Å²) in [4.78, 5) is 67.8. The van der Waals surface area contributed by atoms with Crippen molar-refractivity contribution in [2.24, 2.45) is 0 Å². The lowest BCUT2D eigenvalue weighted by molar-refractivity contribution is -0.172. The number of unbranched alkanes of at least 4 members (excludes halogenated alkanes) is 2. The van der Waals surface area contributed by atoms with Gasteiger partial charge in [0.15, 0.2) is 5.60 Å². The number of halogens is 1. The van der Waals surface area contributed by atoms with Crippen LogP contribution in [0.3, 0.4) is 0 Å². The Balaban J connectivity index is 1.02. The molecule has 6 N–H and O–H groups in total. The molecule has 1 aliphatic carbocycles. The van der Waals surface area contributed by atoms with Crippen LogP contribution in [0.2, 0.25) is 0 Å². The fourth-order valence-electron chi connectivity index (χ4n) is 8.45. The molecule has 4 heterocycles. The third-order valence-corrected chi connectivity index (χ3v) is 17.7. The lowest BCUT2D eigenvalue weighted by Crippen LogP contribution is -2.44. The number of rotatable bonds is 20. The summed E-state index contributed by atoms with van der Waals surface area (Å²) >= 11 is 0. The van der Waals surface area contributed by atoms with Gasteiger partial charge in [-0.2, -0.15) is 0 Å². The standard InChI is InChI=1S/C46H55FN6O11P2S2/c1-7-46(58)33-22-37-41-31(24-53(37)43(56)32(33)25-62-44(46)57)40-35(17-16-30-27(3)34(47)23-36(51-41)39(30)40)50-38(54)26-64-66(61,49-19-21-67-68-45(4,5)6)63-20-11-9-10-18-48-42(55)28-12-14-29(15-13-28)52-65(59,60)8-2/h2,12-15,22-23,35,58H,7,9-11,16-21,24-26H2,1,3-6H3,(H,48,55)(H,49,61)(H,50,54)(H2,52,59,60)/t35-,46-,66?/m0/s1. The van der Waals surface area contributed by atoms with Crippen LogP contribution in [0.5, 0.6) is 0 Å². The monoisotopic (exact) mass is 1010 g/mol. The number of anilines is 1. The van der Waals surface area contributed by atoms with E-state index in [2.05, 4.69) is 41.6 Å². The van der Waals surface area contributed by atoms with Crippen LogP contribution < -0.4 is 26.4 Å². The Kier molecular flexibility index (Phi) is 15.7. The Bertz CT molecular complexity index is 2850. The second kappa shape index (κ2) is 20.8. The van der Waals surface area contributed by atoms with Crippen molar-refractivity contribution in [1.29, 1.82) is 0 Å². The first-order chi connectivity index (χ1) is 32.2. The van der Waals surface area contributed by atoms with Crippen LogP contribution in [0.1, 0.15) is 110 Å². The Morgan fingerprint density at radius 3 is 2.54 bits per heavy atom. The number of benzene rings is 2. The highest BCUT2D eigenvalue weighted by Gasteiger charge is 2.46. The largest absolute Gasteiger partial charge is 0.458 e. The van der Waals surface area contributed by atoms with Crippen molar-refractivity contribution in [3.05, 3.63) is 91.5 Å². The third kappa shape index (κ3) is 11.2. The molecule has 2 unspecified atom stereocenters. The number of cyclic esters (lactones) is 1. The molecule has 0 spiro atoms. The van der Waals surface area contributed by atoms with Crippen LogP contribution in [0.15, 0.2) is 41.2 Å². The second-order valence-electron chi connectivity index (χ2n) is 17.7. The van der Waals surface area contributed by atoms with Gasteiger partial charge in [0.2, 0.25) is 5.91 Å². The maximum absolute atomic E-state index is 15.4. The van der Waals surface area contributed by atoms with Gasteiger partial charge in [-0.25, -0.2) is 23.8 Å². The number of hydrogen-bond donors (Lipinski definition) is 6. The van der Waals surface area contributed by atoms with E-state index < -0.39 is 56.8 Å². The van der Waals surface area contributed by atoms with E-state index in [1.807, 2.05) is 0 Å². The minimum atomic E-state index is -4.03. The first kappa shape index (κ1) is 51.3. The molecule has 0 saturated carbocycles. The molecular formula is C46H55FN6O11P2S2. The van der Waals surface area contributed by atoms with Crippen molar-refractivity contribution in [3.8, 4) is 23.5 Å². The van der Waals surface area contributed by atoms with Gasteiger partial charge in [-0.15, -0.1) is 6.42 Å². The fraction of sp³-hybridized carbons (Fsp3) is 0.457. The zero-order chi connectivity index (χ0) is 49.2. The van der Waals surface area contributed by atoms with Crippen molar-refractivity contribution in [1.82, 2.24) is 25.3 Å². The zero-order valence-electron chi connectivity index (χ0n) is 38.4. The number of nitrogens with zero attached hydrogens (tertiary/aromatic N) is 2. The SMILES string of the molecule is C#CP(=O)(O)Nc1ccc(C(=O)NCCCCCOP(=O)(NCCSSC(C)(C)C)OCC(=O)N[C@H]2CCc3c(C)c(F)cc4nc5c(c2c34)Cn2c-5cc3c(c2=O)COC(=O)[C@]3(O)CC)cc1. The molecule has 7 rings (SSSR count). The van der Waals surface area contributed by atoms with E-state index in [-0.39, 0.29) is 54.5 Å². The Morgan fingerprint density at radius 2 is 1.84 bits per heavy atom. The Hall–Kier alpha value is -4.54. The molecule has 0 saturated heterocycles. The van der Waals surface area contributed by atoms with Crippen molar-refractivity contribution in [2.45, 2.75) is 103 Å². The first-order valence-corrected chi connectivity index (χ1v) is 27.7. The molecule has 4 aromatic rings. The summed E-state index contributed by atoms with van der Waals surface area (Å²) in [5.41, 5.74) is 3.76. The summed E-state index contributed by atoms with van der Waals surface area (Å²) in [5.74, 6) is -1.66. The number of carbonyl (C=O) groups excluding carboxylic acids is 3. The number of carbonyl (C=O) groups is 3. The van der Waals surface area contributed by atoms with Crippen molar-refractivity contribution < 1.29 is 51.7 Å². The topological polar surface area (TPSA) is 237 Å². The summed E-state index contributed by atoms with van der Waals surface area (Å²) in [6, 6.07) is 8.22. The number of nitrogens with one attached hydrogen (secondary N) is 4. The van der Waals surface area contributed by atoms with E-state index in [9.17, 15) is 38.3 Å². The number of aryl methyl sites for hydroxylation is 1. The van der Waals surface area contributed by atoms with Crippen LogP contribution >= 0.6 is 36.9 Å². The van der Waals surface area contributed by atoms with E-state index in [0.29, 0.717) is 94.6 Å². The molecule has 68 heavy (non-hydrogen) atoms. The number of hydrogen-bond acceptors (Lipinski definition) is 13. The van der Waals surface area contributed by atoms with E-state index in [1.54, 1.807) is 47.2 Å². The van der Waals surface area contributed by atoms with Gasteiger partial charge >= 0.3 is 21.2 Å². The summed E-state index contributed by atoms with van der Waals surface area (Å²) in [6.07, 6.45) is 7.44. The Labute approximate surface area is 401 Å². The number of aromatic nitrogens is 2. The molecule has 0 radical (unpaired) electrons. The van der Waals surface area contributed by atoms with Crippen LogP contribution in [0, 0.1) is 24.8 Å². The number of amides is 2. The molecule has 2 aromatic carbocycles. The third-order valence-electron chi connectivity index (χ3n) is 11.8. The fourth-order valence-corrected chi connectivity index (χ4v) is 12.6. The lowest BCUT2D eigenvalue weighted by atomic mass is 9.81. The minimum Gasteiger partial charge on any atom is -0.458 e. The second-order valence-corrected chi connectivity index (χ2v) is 24.4. The molecule has 3 aliphatic rings. The summed E-state index contributed by atoms with van der Waals surface area (Å²) in [6.45, 7) is 9.33. The summed E-state index contributed by atoms with van der Waals surface area (Å²) in [7, 11) is -4.73. The summed E-state index contributed by atoms with van der Waals surface area (Å²) < 4.78 is 59.7. The van der Waals surface area contributed by atoms with Gasteiger partial charge in [0.05, 0.1) is 41.7 Å². The van der Waals surface area contributed by atoms with E-state index in [0.717, 1.165) is 5.56 Å². The van der Waals surface area contributed by atoms with Crippen molar-refractivity contribution >= 4 is 71.2 Å². The average Bonchev–Trinajstić information content (AvgIpc) is 3.67. The minimum absolute atomic E-state index is 0.00193. The smallest absolute Gasteiger partial charge is 0.406 e. The predicted molar refractivity (Wildman–Crippen MR) is 261 cm³/mol.